The van der Waals surface area contributed by atoms with Crippen molar-refractivity contribution in [3.05, 3.63) is 22.5 Å². The first-order valence-corrected chi connectivity index (χ1v) is 6.73. The first kappa shape index (κ1) is 14.0. The van der Waals surface area contributed by atoms with Crippen molar-refractivity contribution in [3.63, 3.8) is 0 Å². The van der Waals surface area contributed by atoms with Gasteiger partial charge in [-0.25, -0.2) is 0 Å². The standard InChI is InChI=1S/C15H20O4/c1-4-10-5-9(7-16)6-11-12(10)14(18)15(19-3)8(2)13(11)17/h9-10,16H,4-7H2,1-3H3/t9-,10+/m0/s1. The summed E-state index contributed by atoms with van der Waals surface area (Å²) in [6.45, 7) is 3.70. The van der Waals surface area contributed by atoms with Gasteiger partial charge in [0.05, 0.1) is 7.11 Å². The third-order valence-electron chi connectivity index (χ3n) is 4.21. The summed E-state index contributed by atoms with van der Waals surface area (Å²) in [7, 11) is 1.43. The van der Waals surface area contributed by atoms with E-state index < -0.39 is 0 Å². The van der Waals surface area contributed by atoms with Crippen molar-refractivity contribution >= 4 is 11.6 Å². The third-order valence-corrected chi connectivity index (χ3v) is 4.21. The molecule has 0 unspecified atom stereocenters. The van der Waals surface area contributed by atoms with Crippen molar-refractivity contribution < 1.29 is 19.4 Å². The first-order valence-electron chi connectivity index (χ1n) is 6.73. The van der Waals surface area contributed by atoms with E-state index in [-0.39, 0.29) is 35.8 Å². The highest BCUT2D eigenvalue weighted by atomic mass is 16.5. The maximum Gasteiger partial charge on any atom is 0.224 e. The predicted molar refractivity (Wildman–Crippen MR) is 70.3 cm³/mol. The molecule has 2 rings (SSSR count). The predicted octanol–water partition coefficient (Wildman–Crippen LogP) is 1.78. The number of ether oxygens (including phenoxy) is 1. The van der Waals surface area contributed by atoms with Crippen LogP contribution in [-0.4, -0.2) is 30.4 Å². The Labute approximate surface area is 113 Å². The van der Waals surface area contributed by atoms with Crippen molar-refractivity contribution in [1.29, 1.82) is 0 Å². The van der Waals surface area contributed by atoms with E-state index in [1.54, 1.807) is 6.92 Å². The Balaban J connectivity index is 2.50. The van der Waals surface area contributed by atoms with E-state index in [0.717, 1.165) is 12.8 Å². The van der Waals surface area contributed by atoms with Gasteiger partial charge in [0.25, 0.3) is 0 Å². The van der Waals surface area contributed by atoms with Crippen molar-refractivity contribution in [3.8, 4) is 0 Å². The summed E-state index contributed by atoms with van der Waals surface area (Å²) in [5.74, 6) is 0.0819. The zero-order valence-electron chi connectivity index (χ0n) is 11.7. The average Bonchev–Trinajstić information content (AvgIpc) is 2.44. The Hall–Kier alpha value is -1.42. The maximum atomic E-state index is 12.5. The van der Waals surface area contributed by atoms with Crippen LogP contribution in [0.5, 0.6) is 0 Å². The Kier molecular flexibility index (Phi) is 3.90. The van der Waals surface area contributed by atoms with E-state index in [1.165, 1.54) is 7.11 Å². The van der Waals surface area contributed by atoms with Crippen molar-refractivity contribution in [2.24, 2.45) is 11.8 Å². The fourth-order valence-electron chi connectivity index (χ4n) is 3.16. The lowest BCUT2D eigenvalue weighted by molar-refractivity contribution is -0.119. The van der Waals surface area contributed by atoms with Crippen molar-refractivity contribution in [2.75, 3.05) is 13.7 Å². The third kappa shape index (κ3) is 2.14. The van der Waals surface area contributed by atoms with Gasteiger partial charge in [-0.1, -0.05) is 6.92 Å². The van der Waals surface area contributed by atoms with Crippen LogP contribution in [-0.2, 0) is 14.3 Å². The highest BCUT2D eigenvalue weighted by Gasteiger charge is 2.40. The van der Waals surface area contributed by atoms with Gasteiger partial charge in [-0.15, -0.1) is 0 Å². The van der Waals surface area contributed by atoms with E-state index in [2.05, 4.69) is 0 Å². The second kappa shape index (κ2) is 5.29. The van der Waals surface area contributed by atoms with Gasteiger partial charge in [0.15, 0.2) is 11.5 Å². The molecule has 104 valence electrons. The summed E-state index contributed by atoms with van der Waals surface area (Å²) in [5, 5.41) is 9.36. The lowest BCUT2D eigenvalue weighted by atomic mass is 9.70. The number of hydrogen-bond donors (Lipinski definition) is 1. The zero-order chi connectivity index (χ0) is 14.2. The molecule has 0 saturated carbocycles. The largest absolute Gasteiger partial charge is 0.492 e. The summed E-state index contributed by atoms with van der Waals surface area (Å²) in [6.07, 6.45) is 2.06. The van der Waals surface area contributed by atoms with Gasteiger partial charge in [0.2, 0.25) is 5.78 Å². The highest BCUT2D eigenvalue weighted by molar-refractivity contribution is 6.24. The van der Waals surface area contributed by atoms with E-state index in [0.29, 0.717) is 23.1 Å². The normalized spacial score (nSPS) is 27.8. The summed E-state index contributed by atoms with van der Waals surface area (Å²) in [4.78, 5) is 24.8. The molecule has 0 bridgehead atoms. The quantitative estimate of drug-likeness (QED) is 0.789. The van der Waals surface area contributed by atoms with E-state index in [9.17, 15) is 14.7 Å². The molecule has 0 saturated heterocycles. The van der Waals surface area contributed by atoms with E-state index >= 15 is 0 Å². The van der Waals surface area contributed by atoms with Crippen LogP contribution in [0.2, 0.25) is 0 Å². The van der Waals surface area contributed by atoms with Crippen LogP contribution >= 0.6 is 0 Å². The van der Waals surface area contributed by atoms with Gasteiger partial charge in [-0.2, -0.15) is 0 Å². The second-order valence-electron chi connectivity index (χ2n) is 5.30. The number of aliphatic hydroxyl groups is 1. The molecule has 2 atom stereocenters. The highest BCUT2D eigenvalue weighted by Crippen LogP contribution is 2.41. The molecule has 0 amide bonds. The van der Waals surface area contributed by atoms with Crippen LogP contribution in [0.15, 0.2) is 22.5 Å². The van der Waals surface area contributed by atoms with Crippen LogP contribution in [0.1, 0.15) is 33.1 Å². The van der Waals surface area contributed by atoms with Crippen LogP contribution < -0.4 is 0 Å². The lowest BCUT2D eigenvalue weighted by Crippen LogP contribution is -2.33. The molecule has 2 aliphatic carbocycles. The molecule has 0 aromatic rings. The number of carbonyl (C=O) groups excluding carboxylic acids is 2. The van der Waals surface area contributed by atoms with Crippen LogP contribution in [0.3, 0.4) is 0 Å². The summed E-state index contributed by atoms with van der Waals surface area (Å²) in [5.41, 5.74) is 1.61. The maximum absolute atomic E-state index is 12.5. The van der Waals surface area contributed by atoms with Crippen LogP contribution in [0.4, 0.5) is 0 Å². The molecule has 0 heterocycles. The number of carbonyl (C=O) groups is 2. The first-order chi connectivity index (χ1) is 9.04. The summed E-state index contributed by atoms with van der Waals surface area (Å²) >= 11 is 0. The molecular formula is C15H20O4. The Bertz CT molecular complexity index is 484. The van der Waals surface area contributed by atoms with Gasteiger partial charge in [-0.3, -0.25) is 9.59 Å². The number of rotatable bonds is 3. The molecule has 0 aromatic heterocycles. The molecule has 0 fully saturated rings. The Morgan fingerprint density at radius 3 is 2.53 bits per heavy atom. The van der Waals surface area contributed by atoms with Gasteiger partial charge in [-0.05, 0) is 38.0 Å². The fraction of sp³-hybridized carbons (Fsp3) is 0.600. The number of ketones is 2. The van der Waals surface area contributed by atoms with E-state index in [1.807, 2.05) is 6.92 Å². The number of Topliss-reactive ketones (excluding diaryl/α,β-unsaturated/α-hetero) is 2. The van der Waals surface area contributed by atoms with Crippen LogP contribution in [0, 0.1) is 11.8 Å². The monoisotopic (exact) mass is 264 g/mol. The smallest absolute Gasteiger partial charge is 0.224 e. The fourth-order valence-corrected chi connectivity index (χ4v) is 3.16. The molecule has 0 aromatic carbocycles. The minimum Gasteiger partial charge on any atom is -0.492 e. The topological polar surface area (TPSA) is 63.6 Å². The van der Waals surface area contributed by atoms with E-state index in [4.69, 9.17) is 4.74 Å². The SMILES string of the molecule is CC[C@@H]1C[C@H](CO)CC2=C1C(=O)C(OC)=C(C)C2=O. The van der Waals surface area contributed by atoms with Crippen LogP contribution in [0.25, 0.3) is 0 Å². The van der Waals surface area contributed by atoms with Gasteiger partial charge in [0, 0.05) is 23.3 Å². The molecule has 0 spiro atoms. The van der Waals surface area contributed by atoms with Crippen molar-refractivity contribution in [2.45, 2.75) is 33.1 Å². The molecule has 4 nitrogen and oxygen atoms in total. The molecule has 19 heavy (non-hydrogen) atoms. The second-order valence-corrected chi connectivity index (χ2v) is 5.30. The van der Waals surface area contributed by atoms with Gasteiger partial charge >= 0.3 is 0 Å². The lowest BCUT2D eigenvalue weighted by Gasteiger charge is -2.34. The van der Waals surface area contributed by atoms with Gasteiger partial charge < -0.3 is 9.84 Å². The van der Waals surface area contributed by atoms with Crippen molar-refractivity contribution in [1.82, 2.24) is 0 Å². The minimum absolute atomic E-state index is 0.0515. The molecule has 0 radical (unpaired) electrons. The summed E-state index contributed by atoms with van der Waals surface area (Å²) < 4.78 is 5.11. The molecule has 1 N–H and O–H groups in total. The molecule has 4 heteroatoms. The Morgan fingerprint density at radius 1 is 1.32 bits per heavy atom. The number of allylic oxidation sites excluding steroid dienone is 3. The van der Waals surface area contributed by atoms with Gasteiger partial charge in [0.1, 0.15) is 0 Å². The Morgan fingerprint density at radius 2 is 2.00 bits per heavy atom. The molecular weight excluding hydrogens is 244 g/mol. The number of hydrogen-bond acceptors (Lipinski definition) is 4. The minimum atomic E-state index is -0.141. The number of methoxy groups -OCH3 is 1. The molecule has 2 aliphatic rings. The average molecular weight is 264 g/mol. The molecule has 0 aliphatic heterocycles. The zero-order valence-corrected chi connectivity index (χ0v) is 11.7. The number of aliphatic hydroxyl groups excluding tert-OH is 1. The summed E-state index contributed by atoms with van der Waals surface area (Å²) in [6, 6.07) is 0.